The molecule has 1 aromatic heterocycles. The van der Waals surface area contributed by atoms with Gasteiger partial charge in [-0.3, -0.25) is 9.59 Å². The second kappa shape index (κ2) is 8.73. The van der Waals surface area contributed by atoms with Crippen LogP contribution in [0.5, 0.6) is 0 Å². The van der Waals surface area contributed by atoms with Crippen molar-refractivity contribution in [2.75, 3.05) is 19.6 Å². The van der Waals surface area contributed by atoms with Crippen LogP contribution in [0.3, 0.4) is 0 Å². The lowest BCUT2D eigenvalue weighted by Gasteiger charge is -2.33. The van der Waals surface area contributed by atoms with Gasteiger partial charge in [0, 0.05) is 19.6 Å². The average molecular weight is 334 g/mol. The molecule has 0 radical (unpaired) electrons. The summed E-state index contributed by atoms with van der Waals surface area (Å²) >= 11 is 0. The largest absolute Gasteiger partial charge is 0.383 e. The summed E-state index contributed by atoms with van der Waals surface area (Å²) in [5.74, 6) is 0.305. The van der Waals surface area contributed by atoms with Crippen molar-refractivity contribution in [3.8, 4) is 0 Å². The zero-order valence-corrected chi connectivity index (χ0v) is 14.3. The first kappa shape index (κ1) is 18.3. The Hall–Kier alpha value is -2.02. The number of hydrogen-bond donors (Lipinski definition) is 2. The van der Waals surface area contributed by atoms with Crippen molar-refractivity contribution in [1.82, 2.24) is 20.4 Å². The van der Waals surface area contributed by atoms with Crippen LogP contribution in [-0.2, 0) is 4.79 Å². The van der Waals surface area contributed by atoms with Crippen LogP contribution in [0, 0.1) is 11.8 Å². The Kier molecular flexibility index (Phi) is 6.66. The quantitative estimate of drug-likeness (QED) is 0.804. The topological polar surface area (TPSA) is 95.4 Å². The molecular weight excluding hydrogens is 308 g/mol. The molecule has 0 saturated carbocycles. The van der Waals surface area contributed by atoms with E-state index in [1.807, 2.05) is 13.8 Å². The molecule has 1 aliphatic rings. The van der Waals surface area contributed by atoms with E-state index < -0.39 is 6.10 Å². The van der Waals surface area contributed by atoms with Crippen molar-refractivity contribution in [2.45, 2.75) is 39.2 Å². The van der Waals surface area contributed by atoms with Crippen LogP contribution in [0.25, 0.3) is 0 Å². The van der Waals surface area contributed by atoms with Crippen LogP contribution < -0.4 is 5.32 Å². The summed E-state index contributed by atoms with van der Waals surface area (Å²) in [6.45, 7) is 5.82. The van der Waals surface area contributed by atoms with E-state index in [1.165, 1.54) is 12.4 Å². The number of nitrogens with one attached hydrogen (secondary N) is 1. The Morgan fingerprint density at radius 2 is 2.04 bits per heavy atom. The standard InChI is InChI=1S/C17H26N4O3/c1-12(2)9-15(22)17(24)21-7-4-13(5-8-21)10-18-16(23)14-3-6-19-20-11-14/h3,6,11-13,15,22H,4-5,7-10H2,1-2H3,(H,18,23). The molecule has 1 atom stereocenters. The zero-order chi connectivity index (χ0) is 17.5. The van der Waals surface area contributed by atoms with Crippen LogP contribution in [0.15, 0.2) is 18.5 Å². The summed E-state index contributed by atoms with van der Waals surface area (Å²) in [4.78, 5) is 25.9. The van der Waals surface area contributed by atoms with Crippen LogP contribution in [0.2, 0.25) is 0 Å². The van der Waals surface area contributed by atoms with Gasteiger partial charge in [-0.2, -0.15) is 10.2 Å². The lowest BCUT2D eigenvalue weighted by atomic mass is 9.95. The van der Waals surface area contributed by atoms with Gasteiger partial charge >= 0.3 is 0 Å². The molecule has 2 heterocycles. The first-order valence-corrected chi connectivity index (χ1v) is 8.49. The van der Waals surface area contributed by atoms with Crippen molar-refractivity contribution in [2.24, 2.45) is 11.8 Å². The van der Waals surface area contributed by atoms with E-state index in [-0.39, 0.29) is 11.8 Å². The minimum Gasteiger partial charge on any atom is -0.383 e. The van der Waals surface area contributed by atoms with E-state index in [0.29, 0.717) is 43.5 Å². The van der Waals surface area contributed by atoms with Gasteiger partial charge in [0.05, 0.1) is 18.0 Å². The molecule has 0 aromatic carbocycles. The smallest absolute Gasteiger partial charge is 0.252 e. The van der Waals surface area contributed by atoms with Gasteiger partial charge in [0.1, 0.15) is 6.10 Å². The fourth-order valence-corrected chi connectivity index (χ4v) is 2.88. The predicted molar refractivity (Wildman–Crippen MR) is 89.1 cm³/mol. The summed E-state index contributed by atoms with van der Waals surface area (Å²) in [6, 6.07) is 1.62. The van der Waals surface area contributed by atoms with Gasteiger partial charge in [-0.05, 0) is 37.2 Å². The number of amides is 2. The maximum atomic E-state index is 12.2. The highest BCUT2D eigenvalue weighted by molar-refractivity contribution is 5.93. The molecule has 2 N–H and O–H groups in total. The van der Waals surface area contributed by atoms with Gasteiger partial charge in [0.25, 0.3) is 11.8 Å². The molecule has 2 rings (SSSR count). The number of likely N-dealkylation sites (tertiary alicyclic amines) is 1. The number of aromatic nitrogens is 2. The summed E-state index contributed by atoms with van der Waals surface area (Å²) in [5.41, 5.74) is 0.495. The molecule has 0 spiro atoms. The highest BCUT2D eigenvalue weighted by atomic mass is 16.3. The van der Waals surface area contributed by atoms with Gasteiger partial charge in [-0.15, -0.1) is 0 Å². The second-order valence-corrected chi connectivity index (χ2v) is 6.76. The van der Waals surface area contributed by atoms with Gasteiger partial charge in [0.2, 0.25) is 0 Å². The summed E-state index contributed by atoms with van der Waals surface area (Å²) in [6.07, 6.45) is 4.17. The number of aliphatic hydroxyl groups is 1. The van der Waals surface area contributed by atoms with Gasteiger partial charge in [-0.25, -0.2) is 0 Å². The molecule has 1 fully saturated rings. The first-order valence-electron chi connectivity index (χ1n) is 8.49. The Bertz CT molecular complexity index is 542. The van der Waals surface area contributed by atoms with Crippen molar-refractivity contribution >= 4 is 11.8 Å². The number of piperidine rings is 1. The average Bonchev–Trinajstić information content (AvgIpc) is 2.59. The van der Waals surface area contributed by atoms with Gasteiger partial charge in [0.15, 0.2) is 0 Å². The fraction of sp³-hybridized carbons (Fsp3) is 0.647. The summed E-state index contributed by atoms with van der Waals surface area (Å²) in [7, 11) is 0. The van der Waals surface area contributed by atoms with Gasteiger partial charge < -0.3 is 15.3 Å². The summed E-state index contributed by atoms with van der Waals surface area (Å²) < 4.78 is 0. The molecule has 7 heteroatoms. The van der Waals surface area contributed by atoms with E-state index in [2.05, 4.69) is 15.5 Å². The third-order valence-corrected chi connectivity index (χ3v) is 4.30. The molecule has 132 valence electrons. The van der Waals surface area contributed by atoms with Crippen molar-refractivity contribution in [3.05, 3.63) is 24.0 Å². The SMILES string of the molecule is CC(C)CC(O)C(=O)N1CCC(CNC(=O)c2ccnnc2)CC1. The first-order chi connectivity index (χ1) is 11.5. The Morgan fingerprint density at radius 1 is 1.33 bits per heavy atom. The van der Waals surface area contributed by atoms with Crippen LogP contribution in [0.1, 0.15) is 43.5 Å². The van der Waals surface area contributed by atoms with Crippen molar-refractivity contribution < 1.29 is 14.7 Å². The van der Waals surface area contributed by atoms with Crippen LogP contribution >= 0.6 is 0 Å². The van der Waals surface area contributed by atoms with E-state index >= 15 is 0 Å². The van der Waals surface area contributed by atoms with E-state index in [0.717, 1.165) is 12.8 Å². The monoisotopic (exact) mass is 334 g/mol. The number of carbonyl (C=O) groups is 2. The van der Waals surface area contributed by atoms with E-state index in [4.69, 9.17) is 0 Å². The Labute approximate surface area is 142 Å². The molecule has 1 saturated heterocycles. The summed E-state index contributed by atoms with van der Waals surface area (Å²) in [5, 5.41) is 20.2. The number of rotatable bonds is 6. The molecule has 0 bridgehead atoms. The predicted octanol–water partition coefficient (Wildman–Crippen LogP) is 0.852. The minimum absolute atomic E-state index is 0.157. The number of hydrogen-bond acceptors (Lipinski definition) is 5. The molecular formula is C17H26N4O3. The van der Waals surface area contributed by atoms with E-state index in [9.17, 15) is 14.7 Å². The maximum absolute atomic E-state index is 12.2. The third-order valence-electron chi connectivity index (χ3n) is 4.30. The highest BCUT2D eigenvalue weighted by Crippen LogP contribution is 2.18. The van der Waals surface area contributed by atoms with Gasteiger partial charge in [-0.1, -0.05) is 13.8 Å². The number of carbonyl (C=O) groups excluding carboxylic acids is 2. The number of nitrogens with zero attached hydrogens (tertiary/aromatic N) is 3. The molecule has 2 amide bonds. The maximum Gasteiger partial charge on any atom is 0.252 e. The minimum atomic E-state index is -0.902. The van der Waals surface area contributed by atoms with Crippen LogP contribution in [-0.4, -0.2) is 57.8 Å². The van der Waals surface area contributed by atoms with Crippen molar-refractivity contribution in [3.63, 3.8) is 0 Å². The molecule has 0 aliphatic carbocycles. The Morgan fingerprint density at radius 3 is 2.62 bits per heavy atom. The lowest BCUT2D eigenvalue weighted by Crippen LogP contribution is -2.45. The second-order valence-electron chi connectivity index (χ2n) is 6.76. The molecule has 1 unspecified atom stereocenters. The zero-order valence-electron chi connectivity index (χ0n) is 14.3. The molecule has 7 nitrogen and oxygen atoms in total. The van der Waals surface area contributed by atoms with E-state index in [1.54, 1.807) is 11.0 Å². The highest BCUT2D eigenvalue weighted by Gasteiger charge is 2.27. The third kappa shape index (κ3) is 5.26. The fourth-order valence-electron chi connectivity index (χ4n) is 2.88. The lowest BCUT2D eigenvalue weighted by molar-refractivity contribution is -0.142. The number of aliphatic hydroxyl groups excluding tert-OH is 1. The normalized spacial score (nSPS) is 16.9. The molecule has 1 aliphatic heterocycles. The Balaban J connectivity index is 1.73. The van der Waals surface area contributed by atoms with Crippen LogP contribution in [0.4, 0.5) is 0 Å². The van der Waals surface area contributed by atoms with Crippen molar-refractivity contribution in [1.29, 1.82) is 0 Å². The molecule has 24 heavy (non-hydrogen) atoms. The molecule has 1 aromatic rings.